The number of allylic oxidation sites excluding steroid dienone is 2. The summed E-state index contributed by atoms with van der Waals surface area (Å²) in [6.07, 6.45) is 7.34. The van der Waals surface area contributed by atoms with E-state index in [1.165, 1.54) is 11.4 Å². The summed E-state index contributed by atoms with van der Waals surface area (Å²) in [5.74, 6) is 0.537. The molecule has 2 aliphatic rings. The first-order chi connectivity index (χ1) is 16.4. The Morgan fingerprint density at radius 2 is 1.65 bits per heavy atom. The molecule has 2 aliphatic heterocycles. The Hall–Kier alpha value is -2.61. The lowest BCUT2D eigenvalue weighted by molar-refractivity contribution is 0.188. The lowest BCUT2D eigenvalue weighted by atomic mass is 9.92. The van der Waals surface area contributed by atoms with E-state index in [0.29, 0.717) is 10.8 Å². The van der Waals surface area contributed by atoms with Crippen LogP contribution in [-0.2, 0) is 10.0 Å². The maximum atomic E-state index is 13.0. The molecule has 2 aromatic carbocycles. The van der Waals surface area contributed by atoms with Crippen molar-refractivity contribution in [3.63, 3.8) is 0 Å². The zero-order chi connectivity index (χ0) is 24.0. The fraction of sp³-hybridized carbons (Fsp3) is 0.407. The standard InChI is InChI=1S/C27H36N4O2S/c1-3-30-20-22(2)28-27(21-30)24-14-17-31(18-15-24)19-16-26(23-10-6-4-7-11-23)29-34(32,33)25-12-8-5-9-13-25/h4-13,20-21,24,26,28-29H,3,14-19H2,1-2H3/t26-/m0/s1. The monoisotopic (exact) mass is 480 g/mol. The molecule has 1 atom stereocenters. The van der Waals surface area contributed by atoms with Crippen LogP contribution in [0.2, 0.25) is 0 Å². The quantitative estimate of drug-likeness (QED) is 0.556. The Morgan fingerprint density at radius 1 is 1.00 bits per heavy atom. The number of benzene rings is 2. The van der Waals surface area contributed by atoms with E-state index in [1.54, 1.807) is 24.3 Å². The maximum absolute atomic E-state index is 13.0. The Morgan fingerprint density at radius 3 is 2.29 bits per heavy atom. The molecule has 0 aliphatic carbocycles. The van der Waals surface area contributed by atoms with Gasteiger partial charge in [0, 0.05) is 42.3 Å². The normalized spacial score (nSPS) is 18.7. The first kappa shape index (κ1) is 24.5. The largest absolute Gasteiger partial charge is 0.360 e. The second-order valence-corrected chi connectivity index (χ2v) is 10.9. The Labute approximate surface area is 204 Å². The molecule has 182 valence electrons. The summed E-state index contributed by atoms with van der Waals surface area (Å²) in [5.41, 5.74) is 3.51. The summed E-state index contributed by atoms with van der Waals surface area (Å²) in [6.45, 7) is 8.15. The highest BCUT2D eigenvalue weighted by atomic mass is 32.2. The lowest BCUT2D eigenvalue weighted by Gasteiger charge is -2.36. The van der Waals surface area contributed by atoms with E-state index in [2.05, 4.69) is 46.1 Å². The molecule has 7 heteroatoms. The molecule has 0 radical (unpaired) electrons. The van der Waals surface area contributed by atoms with Crippen molar-refractivity contribution in [1.29, 1.82) is 0 Å². The highest BCUT2D eigenvalue weighted by molar-refractivity contribution is 7.89. The van der Waals surface area contributed by atoms with Crippen molar-refractivity contribution in [2.24, 2.45) is 5.92 Å². The number of nitrogens with zero attached hydrogens (tertiary/aromatic N) is 2. The number of hydrogen-bond donors (Lipinski definition) is 2. The Kier molecular flexibility index (Phi) is 8.08. The highest BCUT2D eigenvalue weighted by Gasteiger charge is 2.26. The smallest absolute Gasteiger partial charge is 0.241 e. The SMILES string of the molecule is CCN1C=C(C)NC(C2CCN(CC[C@H](NS(=O)(=O)c3ccccc3)c3ccccc3)CC2)=C1. The lowest BCUT2D eigenvalue weighted by Crippen LogP contribution is -2.39. The van der Waals surface area contributed by atoms with Crippen LogP contribution in [0.4, 0.5) is 0 Å². The Bertz CT molecular complexity index is 1090. The van der Waals surface area contributed by atoms with Gasteiger partial charge in [0.25, 0.3) is 0 Å². The average molecular weight is 481 g/mol. The second kappa shape index (κ2) is 11.2. The third-order valence-electron chi connectivity index (χ3n) is 6.69. The second-order valence-electron chi connectivity index (χ2n) is 9.15. The molecule has 2 N–H and O–H groups in total. The van der Waals surface area contributed by atoms with Gasteiger partial charge in [0.2, 0.25) is 10.0 Å². The van der Waals surface area contributed by atoms with Crippen LogP contribution in [0.25, 0.3) is 0 Å². The van der Waals surface area contributed by atoms with Crippen LogP contribution in [0.1, 0.15) is 44.7 Å². The molecule has 34 heavy (non-hydrogen) atoms. The third-order valence-corrected chi connectivity index (χ3v) is 8.17. The van der Waals surface area contributed by atoms with E-state index in [-0.39, 0.29) is 6.04 Å². The molecule has 1 saturated heterocycles. The summed E-state index contributed by atoms with van der Waals surface area (Å²) in [6, 6.07) is 18.2. The van der Waals surface area contributed by atoms with Crippen LogP contribution in [0, 0.1) is 5.92 Å². The van der Waals surface area contributed by atoms with Crippen LogP contribution in [0.3, 0.4) is 0 Å². The highest BCUT2D eigenvalue weighted by Crippen LogP contribution is 2.27. The summed E-state index contributed by atoms with van der Waals surface area (Å²) in [4.78, 5) is 5.01. The predicted octanol–water partition coefficient (Wildman–Crippen LogP) is 4.44. The van der Waals surface area contributed by atoms with Gasteiger partial charge in [-0.05, 0) is 70.4 Å². The van der Waals surface area contributed by atoms with Gasteiger partial charge in [-0.3, -0.25) is 0 Å². The van der Waals surface area contributed by atoms with Crippen molar-refractivity contribution in [2.75, 3.05) is 26.2 Å². The summed E-state index contributed by atoms with van der Waals surface area (Å²) < 4.78 is 29.0. The van der Waals surface area contributed by atoms with E-state index in [4.69, 9.17) is 0 Å². The van der Waals surface area contributed by atoms with Crippen LogP contribution >= 0.6 is 0 Å². The third kappa shape index (κ3) is 6.29. The number of likely N-dealkylation sites (tertiary alicyclic amines) is 1. The number of nitrogens with one attached hydrogen (secondary N) is 2. The fourth-order valence-corrected chi connectivity index (χ4v) is 6.04. The molecule has 0 bridgehead atoms. The Balaban J connectivity index is 1.37. The average Bonchev–Trinajstić information content (AvgIpc) is 2.87. The minimum atomic E-state index is -3.59. The van der Waals surface area contributed by atoms with Crippen molar-refractivity contribution in [3.8, 4) is 0 Å². The van der Waals surface area contributed by atoms with Gasteiger partial charge in [0.15, 0.2) is 0 Å². The molecule has 4 rings (SSSR count). The number of rotatable bonds is 9. The summed E-state index contributed by atoms with van der Waals surface area (Å²) in [7, 11) is -3.59. The molecule has 0 saturated carbocycles. The van der Waals surface area contributed by atoms with Crippen molar-refractivity contribution in [3.05, 3.63) is 90.0 Å². The number of piperidine rings is 1. The fourth-order valence-electron chi connectivity index (χ4n) is 4.76. The minimum absolute atomic E-state index is 0.266. The van der Waals surface area contributed by atoms with E-state index in [1.807, 2.05) is 36.4 Å². The first-order valence-electron chi connectivity index (χ1n) is 12.2. The van der Waals surface area contributed by atoms with Crippen LogP contribution in [-0.4, -0.2) is 44.4 Å². The molecule has 6 nitrogen and oxygen atoms in total. The number of sulfonamides is 1. The minimum Gasteiger partial charge on any atom is -0.360 e. The maximum Gasteiger partial charge on any atom is 0.241 e. The zero-order valence-electron chi connectivity index (χ0n) is 20.2. The van der Waals surface area contributed by atoms with Gasteiger partial charge in [0.05, 0.1) is 4.90 Å². The molecule has 0 aromatic heterocycles. The topological polar surface area (TPSA) is 64.7 Å². The van der Waals surface area contributed by atoms with Gasteiger partial charge in [-0.2, -0.15) is 0 Å². The van der Waals surface area contributed by atoms with Gasteiger partial charge in [-0.15, -0.1) is 0 Å². The molecule has 0 unspecified atom stereocenters. The van der Waals surface area contributed by atoms with Crippen molar-refractivity contribution in [2.45, 2.75) is 44.0 Å². The molecule has 2 aromatic rings. The van der Waals surface area contributed by atoms with E-state index < -0.39 is 10.0 Å². The van der Waals surface area contributed by atoms with Crippen molar-refractivity contribution < 1.29 is 8.42 Å². The van der Waals surface area contributed by atoms with Crippen LogP contribution < -0.4 is 10.0 Å². The van der Waals surface area contributed by atoms with Gasteiger partial charge >= 0.3 is 0 Å². The first-order valence-corrected chi connectivity index (χ1v) is 13.7. The van der Waals surface area contributed by atoms with Crippen molar-refractivity contribution >= 4 is 10.0 Å². The van der Waals surface area contributed by atoms with Gasteiger partial charge in [0.1, 0.15) is 0 Å². The van der Waals surface area contributed by atoms with E-state index in [0.717, 1.165) is 51.0 Å². The molecule has 0 amide bonds. The molecular formula is C27H36N4O2S. The zero-order valence-corrected chi connectivity index (χ0v) is 21.0. The molecule has 2 heterocycles. The molecule has 1 fully saturated rings. The van der Waals surface area contributed by atoms with Crippen molar-refractivity contribution in [1.82, 2.24) is 19.8 Å². The van der Waals surface area contributed by atoms with E-state index >= 15 is 0 Å². The summed E-state index contributed by atoms with van der Waals surface area (Å²) in [5, 5.41) is 3.56. The molecule has 0 spiro atoms. The van der Waals surface area contributed by atoms with E-state index in [9.17, 15) is 8.42 Å². The predicted molar refractivity (Wildman–Crippen MR) is 137 cm³/mol. The molecular weight excluding hydrogens is 444 g/mol. The van der Waals surface area contributed by atoms with Crippen LogP contribution in [0.15, 0.2) is 89.4 Å². The summed E-state index contributed by atoms with van der Waals surface area (Å²) >= 11 is 0. The van der Waals surface area contributed by atoms with Crippen LogP contribution in [0.5, 0.6) is 0 Å². The van der Waals surface area contributed by atoms with Gasteiger partial charge in [-0.25, -0.2) is 13.1 Å². The van der Waals surface area contributed by atoms with Gasteiger partial charge < -0.3 is 15.1 Å². The number of hydrogen-bond acceptors (Lipinski definition) is 5. The van der Waals surface area contributed by atoms with Gasteiger partial charge in [-0.1, -0.05) is 48.5 Å².